The van der Waals surface area contributed by atoms with Crippen molar-refractivity contribution in [2.24, 2.45) is 0 Å². The SMILES string of the molecule is CCn1c(SCC(=O)Nc2cccc(C(=O)Nc3cccc(F)c3)c2)nnc1-c1ccco1. The maximum absolute atomic E-state index is 13.3. The first-order valence-corrected chi connectivity index (χ1v) is 11.1. The van der Waals surface area contributed by atoms with Crippen LogP contribution in [0.4, 0.5) is 15.8 Å². The molecular formula is C23H20FN5O3S. The van der Waals surface area contributed by atoms with E-state index in [4.69, 9.17) is 4.42 Å². The number of hydrogen-bond donors (Lipinski definition) is 2. The molecule has 0 saturated heterocycles. The molecule has 0 atom stereocenters. The summed E-state index contributed by atoms with van der Waals surface area (Å²) in [6.07, 6.45) is 1.57. The largest absolute Gasteiger partial charge is 0.461 e. The molecule has 2 aromatic heterocycles. The van der Waals surface area contributed by atoms with E-state index in [0.29, 0.717) is 40.2 Å². The van der Waals surface area contributed by atoms with Crippen LogP contribution in [0.5, 0.6) is 0 Å². The lowest BCUT2D eigenvalue weighted by Gasteiger charge is -2.09. The van der Waals surface area contributed by atoms with Gasteiger partial charge in [-0.15, -0.1) is 10.2 Å². The zero-order chi connectivity index (χ0) is 23.2. The average molecular weight is 466 g/mol. The minimum Gasteiger partial charge on any atom is -0.461 e. The van der Waals surface area contributed by atoms with Gasteiger partial charge in [0, 0.05) is 23.5 Å². The summed E-state index contributed by atoms with van der Waals surface area (Å²) in [6, 6.07) is 15.7. The molecule has 4 aromatic rings. The van der Waals surface area contributed by atoms with Crippen LogP contribution in [0.2, 0.25) is 0 Å². The zero-order valence-electron chi connectivity index (χ0n) is 17.6. The number of thioether (sulfide) groups is 1. The Morgan fingerprint density at radius 2 is 1.82 bits per heavy atom. The van der Waals surface area contributed by atoms with E-state index >= 15 is 0 Å². The predicted molar refractivity (Wildman–Crippen MR) is 124 cm³/mol. The second-order valence-corrected chi connectivity index (χ2v) is 7.85. The zero-order valence-corrected chi connectivity index (χ0v) is 18.4. The van der Waals surface area contributed by atoms with Gasteiger partial charge in [-0.3, -0.25) is 14.2 Å². The maximum atomic E-state index is 13.3. The van der Waals surface area contributed by atoms with Crippen molar-refractivity contribution in [3.8, 4) is 11.6 Å². The van der Waals surface area contributed by atoms with Crippen LogP contribution >= 0.6 is 11.8 Å². The van der Waals surface area contributed by atoms with Crippen molar-refractivity contribution in [3.05, 3.63) is 78.3 Å². The van der Waals surface area contributed by atoms with Gasteiger partial charge in [0.15, 0.2) is 16.7 Å². The lowest BCUT2D eigenvalue weighted by molar-refractivity contribution is -0.113. The Morgan fingerprint density at radius 1 is 1.03 bits per heavy atom. The van der Waals surface area contributed by atoms with Gasteiger partial charge in [-0.1, -0.05) is 23.9 Å². The molecule has 0 unspecified atom stereocenters. The highest BCUT2D eigenvalue weighted by molar-refractivity contribution is 7.99. The lowest BCUT2D eigenvalue weighted by atomic mass is 10.2. The molecule has 33 heavy (non-hydrogen) atoms. The summed E-state index contributed by atoms with van der Waals surface area (Å²) < 4.78 is 20.6. The Bertz CT molecular complexity index is 1270. The van der Waals surface area contributed by atoms with E-state index in [0.717, 1.165) is 0 Å². The highest BCUT2D eigenvalue weighted by Crippen LogP contribution is 2.24. The fourth-order valence-electron chi connectivity index (χ4n) is 3.10. The van der Waals surface area contributed by atoms with Gasteiger partial charge in [0.2, 0.25) is 5.91 Å². The van der Waals surface area contributed by atoms with Crippen molar-refractivity contribution in [2.45, 2.75) is 18.6 Å². The Balaban J connectivity index is 1.37. The van der Waals surface area contributed by atoms with Gasteiger partial charge in [-0.25, -0.2) is 4.39 Å². The van der Waals surface area contributed by atoms with Crippen LogP contribution in [-0.4, -0.2) is 32.3 Å². The van der Waals surface area contributed by atoms with Crippen LogP contribution < -0.4 is 10.6 Å². The molecule has 0 aliphatic carbocycles. The van der Waals surface area contributed by atoms with E-state index in [9.17, 15) is 14.0 Å². The molecule has 0 spiro atoms. The minimum atomic E-state index is -0.443. The summed E-state index contributed by atoms with van der Waals surface area (Å²) in [5.41, 5.74) is 1.15. The minimum absolute atomic E-state index is 0.107. The first kappa shape index (κ1) is 22.3. The molecule has 2 N–H and O–H groups in total. The van der Waals surface area contributed by atoms with Crippen LogP contribution in [0.15, 0.2) is 76.5 Å². The second-order valence-electron chi connectivity index (χ2n) is 6.91. The smallest absolute Gasteiger partial charge is 0.255 e. The highest BCUT2D eigenvalue weighted by Gasteiger charge is 2.16. The van der Waals surface area contributed by atoms with E-state index in [1.165, 1.54) is 30.0 Å². The van der Waals surface area contributed by atoms with Crippen molar-refractivity contribution >= 4 is 35.0 Å². The van der Waals surface area contributed by atoms with E-state index in [-0.39, 0.29) is 11.7 Å². The molecule has 10 heteroatoms. The van der Waals surface area contributed by atoms with Crippen LogP contribution in [-0.2, 0) is 11.3 Å². The molecule has 0 fully saturated rings. The van der Waals surface area contributed by atoms with Crippen LogP contribution in [0.1, 0.15) is 17.3 Å². The molecule has 0 aliphatic heterocycles. The van der Waals surface area contributed by atoms with Crippen LogP contribution in [0, 0.1) is 5.82 Å². The molecule has 4 rings (SSSR count). The molecule has 2 heterocycles. The first-order chi connectivity index (χ1) is 16.0. The van der Waals surface area contributed by atoms with Crippen LogP contribution in [0.3, 0.4) is 0 Å². The number of nitrogens with one attached hydrogen (secondary N) is 2. The molecule has 8 nitrogen and oxygen atoms in total. The van der Waals surface area contributed by atoms with Gasteiger partial charge in [0.25, 0.3) is 5.91 Å². The number of hydrogen-bond acceptors (Lipinski definition) is 6. The van der Waals surface area contributed by atoms with Gasteiger partial charge in [-0.2, -0.15) is 0 Å². The third-order valence-corrected chi connectivity index (χ3v) is 5.56. The molecule has 0 saturated carbocycles. The standard InChI is InChI=1S/C23H20FN5O3S/c1-2-29-21(19-10-5-11-32-19)27-28-23(29)33-14-20(30)25-17-8-3-6-15(12-17)22(31)26-18-9-4-7-16(24)13-18/h3-13H,2,14H2,1H3,(H,25,30)(H,26,31). The van der Waals surface area contributed by atoms with Gasteiger partial charge in [0.05, 0.1) is 12.0 Å². The van der Waals surface area contributed by atoms with E-state index in [1.54, 1.807) is 48.7 Å². The summed E-state index contributed by atoms with van der Waals surface area (Å²) in [5, 5.41) is 14.3. The Hall–Kier alpha value is -3.92. The third-order valence-electron chi connectivity index (χ3n) is 4.60. The first-order valence-electron chi connectivity index (χ1n) is 10.1. The van der Waals surface area contributed by atoms with Crippen molar-refractivity contribution in [3.63, 3.8) is 0 Å². The predicted octanol–water partition coefficient (Wildman–Crippen LogP) is 4.68. The quantitative estimate of drug-likeness (QED) is 0.366. The van der Waals surface area contributed by atoms with Crippen molar-refractivity contribution in [2.75, 3.05) is 16.4 Å². The fourth-order valence-corrected chi connectivity index (χ4v) is 3.91. The van der Waals surface area contributed by atoms with Crippen molar-refractivity contribution < 1.29 is 18.4 Å². The number of nitrogens with zero attached hydrogens (tertiary/aromatic N) is 3. The normalized spacial score (nSPS) is 10.7. The molecule has 0 aliphatic rings. The molecule has 0 bridgehead atoms. The van der Waals surface area contributed by atoms with Gasteiger partial charge in [-0.05, 0) is 55.5 Å². The Morgan fingerprint density at radius 3 is 2.55 bits per heavy atom. The van der Waals surface area contributed by atoms with E-state index in [2.05, 4.69) is 20.8 Å². The number of anilines is 2. The topological polar surface area (TPSA) is 102 Å². The second kappa shape index (κ2) is 10.1. The number of furan rings is 1. The Kier molecular flexibility index (Phi) is 6.84. The lowest BCUT2D eigenvalue weighted by Crippen LogP contribution is -2.16. The molecule has 0 radical (unpaired) electrons. The number of aromatic nitrogens is 3. The van der Waals surface area contributed by atoms with E-state index in [1.807, 2.05) is 11.5 Å². The number of carbonyl (C=O) groups is 2. The third kappa shape index (κ3) is 5.47. The summed E-state index contributed by atoms with van der Waals surface area (Å²) >= 11 is 1.25. The van der Waals surface area contributed by atoms with Crippen molar-refractivity contribution in [1.29, 1.82) is 0 Å². The number of amides is 2. The highest BCUT2D eigenvalue weighted by atomic mass is 32.2. The molecule has 2 amide bonds. The van der Waals surface area contributed by atoms with Gasteiger partial charge >= 0.3 is 0 Å². The Labute approximate surface area is 193 Å². The number of carbonyl (C=O) groups excluding carboxylic acids is 2. The fraction of sp³-hybridized carbons (Fsp3) is 0.130. The summed E-state index contributed by atoms with van der Waals surface area (Å²) in [5.74, 6) is 0.203. The number of benzene rings is 2. The van der Waals surface area contributed by atoms with Crippen LogP contribution in [0.25, 0.3) is 11.6 Å². The van der Waals surface area contributed by atoms with Gasteiger partial charge < -0.3 is 15.1 Å². The average Bonchev–Trinajstić information content (AvgIpc) is 3.47. The monoisotopic (exact) mass is 465 g/mol. The summed E-state index contributed by atoms with van der Waals surface area (Å²) in [6.45, 7) is 2.58. The maximum Gasteiger partial charge on any atom is 0.255 e. The van der Waals surface area contributed by atoms with E-state index < -0.39 is 11.7 Å². The van der Waals surface area contributed by atoms with Crippen molar-refractivity contribution in [1.82, 2.24) is 14.8 Å². The summed E-state index contributed by atoms with van der Waals surface area (Å²) in [4.78, 5) is 24.9. The number of halogens is 1. The number of rotatable bonds is 8. The molecule has 168 valence electrons. The molecule has 2 aromatic carbocycles. The van der Waals surface area contributed by atoms with Gasteiger partial charge in [0.1, 0.15) is 5.82 Å². The molecular weight excluding hydrogens is 445 g/mol. The summed E-state index contributed by atoms with van der Waals surface area (Å²) in [7, 11) is 0.